The monoisotopic (exact) mass is 1580 g/mol. The van der Waals surface area contributed by atoms with Crippen LogP contribution in [0.25, 0.3) is 0 Å². The predicted octanol–water partition coefficient (Wildman–Crippen LogP) is 31.0. The molecule has 0 N–H and O–H groups in total. The second-order valence-corrected chi connectivity index (χ2v) is 37.3. The first-order chi connectivity index (χ1) is 56.0. The van der Waals surface area contributed by atoms with E-state index in [1.807, 2.05) is 58.8 Å². The van der Waals surface area contributed by atoms with Crippen molar-refractivity contribution in [2.45, 2.75) is 180 Å². The zero-order valence-corrected chi connectivity index (χ0v) is 71.8. The van der Waals surface area contributed by atoms with E-state index in [0.717, 1.165) is 32.1 Å². The third kappa shape index (κ3) is 18.8. The number of aryl methyl sites for hydroxylation is 5. The van der Waals surface area contributed by atoms with Crippen molar-refractivity contribution < 1.29 is 0 Å². The quantitative estimate of drug-likeness (QED) is 0.133. The summed E-state index contributed by atoms with van der Waals surface area (Å²) in [5, 5.41) is 0. The average Bonchev–Trinajstić information content (AvgIpc) is 0.809. The van der Waals surface area contributed by atoms with Gasteiger partial charge < -0.3 is 0 Å². The molecule has 5 heteroatoms. The lowest BCUT2D eigenvalue weighted by Crippen LogP contribution is -2.02. The van der Waals surface area contributed by atoms with Gasteiger partial charge >= 0.3 is 0 Å². The van der Waals surface area contributed by atoms with Crippen molar-refractivity contribution in [3.8, 4) is 0 Å². The first-order valence-corrected chi connectivity index (χ1v) is 44.9. The first kappa shape index (κ1) is 78.9. The molecule has 0 bridgehead atoms. The lowest BCUT2D eigenvalue weighted by molar-refractivity contribution is 0.908. The minimum atomic E-state index is 0.433. The third-order valence-electron chi connectivity index (χ3n) is 23.7. The Morgan fingerprint density at radius 2 is 0.296 bits per heavy atom. The molecule has 0 amide bonds. The standard InChI is InChI=1S/5C22H20S/c5*1-15-7-9-17(10-8-15)16(2)18-11-12-22-20(13-18)14-19-5-3-4-6-21(19)23-22/h5*3-13,16H,14H2,1-2H3. The summed E-state index contributed by atoms with van der Waals surface area (Å²) in [7, 11) is 0. The largest absolute Gasteiger partial charge is 0.0895 e. The SMILES string of the molecule is Cc1ccc(C(C)c2ccc3c(c2)Cc2ccccc2S3)cc1.Cc1ccc(C(C)c2ccc3c(c2)Cc2ccccc2S3)cc1.Cc1ccc(C(C)c2ccc3c(c2)Cc2ccccc2S3)cc1.Cc1ccc(C(C)c2ccc3c(c2)Cc2ccccc2S3)cc1.Cc1ccc(C(C)c2ccc3c(c2)Cc2ccccc2S3)cc1. The molecule has 0 saturated carbocycles. The molecular formula is C110H100S5. The van der Waals surface area contributed by atoms with Crippen LogP contribution in [-0.2, 0) is 32.1 Å². The lowest BCUT2D eigenvalue weighted by atomic mass is 9.90. The van der Waals surface area contributed by atoms with Crippen LogP contribution in [0.15, 0.2) is 383 Å². The summed E-state index contributed by atoms with van der Waals surface area (Å²) in [6.45, 7) is 22.2. The van der Waals surface area contributed by atoms with Crippen LogP contribution >= 0.6 is 58.8 Å². The molecule has 5 unspecified atom stereocenters. The molecular weight excluding hydrogens is 1480 g/mol. The van der Waals surface area contributed by atoms with Gasteiger partial charge in [-0.15, -0.1) is 0 Å². The van der Waals surface area contributed by atoms with Gasteiger partial charge in [0.05, 0.1) is 0 Å². The van der Waals surface area contributed by atoms with Crippen LogP contribution in [0.4, 0.5) is 0 Å². The van der Waals surface area contributed by atoms with Crippen molar-refractivity contribution in [2.75, 3.05) is 0 Å². The van der Waals surface area contributed by atoms with E-state index in [-0.39, 0.29) is 0 Å². The molecule has 0 aliphatic carbocycles. The van der Waals surface area contributed by atoms with Gasteiger partial charge in [0.15, 0.2) is 0 Å². The minimum Gasteiger partial charge on any atom is -0.0895 e. The Labute approximate surface area is 705 Å². The molecule has 570 valence electrons. The van der Waals surface area contributed by atoms with Gasteiger partial charge in [0.1, 0.15) is 0 Å². The van der Waals surface area contributed by atoms with Crippen molar-refractivity contribution in [1.29, 1.82) is 0 Å². The average molecular weight is 1580 g/mol. The highest BCUT2D eigenvalue weighted by molar-refractivity contribution is 8.00. The van der Waals surface area contributed by atoms with Gasteiger partial charge in [-0.3, -0.25) is 0 Å². The maximum absolute atomic E-state index is 2.41. The van der Waals surface area contributed by atoms with Gasteiger partial charge in [-0.05, 0) is 239 Å². The topological polar surface area (TPSA) is 0 Å². The Morgan fingerprint density at radius 1 is 0.157 bits per heavy atom. The molecule has 115 heavy (non-hydrogen) atoms. The van der Waals surface area contributed by atoms with Gasteiger partial charge in [0.25, 0.3) is 0 Å². The van der Waals surface area contributed by atoms with E-state index >= 15 is 0 Å². The highest BCUT2D eigenvalue weighted by Crippen LogP contribution is 2.47. The van der Waals surface area contributed by atoms with Crippen LogP contribution in [0.1, 0.15) is 203 Å². The molecule has 0 spiro atoms. The van der Waals surface area contributed by atoms with Crippen LogP contribution < -0.4 is 0 Å². The van der Waals surface area contributed by atoms with Gasteiger partial charge in [0, 0.05) is 78.5 Å². The summed E-state index contributed by atoms with van der Waals surface area (Å²) in [6, 6.07) is 123. The number of benzene rings is 15. The molecule has 5 heterocycles. The fraction of sp³-hybridized carbons (Fsp3) is 0.182. The molecule has 5 aliphatic heterocycles. The highest BCUT2D eigenvalue weighted by Gasteiger charge is 2.25. The van der Waals surface area contributed by atoms with Crippen LogP contribution in [0.2, 0.25) is 0 Å². The Morgan fingerprint density at radius 3 is 0.461 bits per heavy atom. The van der Waals surface area contributed by atoms with Gasteiger partial charge in [-0.25, -0.2) is 0 Å². The Hall–Kier alpha value is -9.95. The summed E-state index contributed by atoms with van der Waals surface area (Å²) in [5.74, 6) is 2.17. The summed E-state index contributed by atoms with van der Waals surface area (Å²) in [5.41, 5.74) is 35.1. The van der Waals surface area contributed by atoms with E-state index in [0.29, 0.717) is 29.6 Å². The number of hydrogen-bond donors (Lipinski definition) is 0. The third-order valence-corrected chi connectivity index (χ3v) is 29.9. The molecule has 5 atom stereocenters. The molecule has 0 saturated heterocycles. The van der Waals surface area contributed by atoms with E-state index in [1.165, 1.54) is 188 Å². The van der Waals surface area contributed by atoms with Crippen molar-refractivity contribution in [3.05, 3.63) is 473 Å². The number of fused-ring (bicyclic) bond motifs is 10. The molecule has 0 nitrogen and oxygen atoms in total. The summed E-state index contributed by atoms with van der Waals surface area (Å²) < 4.78 is 0. The van der Waals surface area contributed by atoms with E-state index in [1.54, 1.807) is 0 Å². The van der Waals surface area contributed by atoms with Crippen LogP contribution in [-0.4, -0.2) is 0 Å². The lowest BCUT2D eigenvalue weighted by Gasteiger charge is -2.21. The number of rotatable bonds is 10. The van der Waals surface area contributed by atoms with E-state index in [4.69, 9.17) is 0 Å². The first-order valence-electron chi connectivity index (χ1n) is 40.8. The molecule has 0 fully saturated rings. The van der Waals surface area contributed by atoms with E-state index in [2.05, 4.69) is 403 Å². The molecule has 20 rings (SSSR count). The Bertz CT molecular complexity index is 5080. The van der Waals surface area contributed by atoms with Crippen molar-refractivity contribution in [2.24, 2.45) is 0 Å². The molecule has 15 aromatic carbocycles. The second-order valence-electron chi connectivity index (χ2n) is 31.9. The van der Waals surface area contributed by atoms with Gasteiger partial charge in [-0.2, -0.15) is 0 Å². The van der Waals surface area contributed by atoms with Gasteiger partial charge in [0.2, 0.25) is 0 Å². The van der Waals surface area contributed by atoms with Crippen LogP contribution in [0.3, 0.4) is 0 Å². The molecule has 5 aliphatic rings. The maximum Gasteiger partial charge on any atom is 0.0158 e. The zero-order chi connectivity index (χ0) is 79.1. The normalized spacial score (nSPS) is 14.0. The molecule has 0 aromatic heterocycles. The maximum atomic E-state index is 2.41. The van der Waals surface area contributed by atoms with E-state index < -0.39 is 0 Å². The Kier molecular flexibility index (Phi) is 24.7. The predicted molar refractivity (Wildman–Crippen MR) is 493 cm³/mol. The second kappa shape index (κ2) is 36.1. The van der Waals surface area contributed by atoms with E-state index in [9.17, 15) is 0 Å². The van der Waals surface area contributed by atoms with Crippen LogP contribution in [0, 0.1) is 34.6 Å². The smallest absolute Gasteiger partial charge is 0.0158 e. The number of hydrogen-bond acceptors (Lipinski definition) is 5. The minimum absolute atomic E-state index is 0.433. The van der Waals surface area contributed by atoms with Crippen molar-refractivity contribution in [1.82, 2.24) is 0 Å². The Balaban J connectivity index is 0.000000108. The molecule has 0 radical (unpaired) electrons. The van der Waals surface area contributed by atoms with Crippen molar-refractivity contribution in [3.63, 3.8) is 0 Å². The van der Waals surface area contributed by atoms with Gasteiger partial charge in [-0.1, -0.05) is 394 Å². The zero-order valence-electron chi connectivity index (χ0n) is 67.7. The summed E-state index contributed by atoms with van der Waals surface area (Å²) in [4.78, 5) is 14.0. The van der Waals surface area contributed by atoms with Crippen LogP contribution in [0.5, 0.6) is 0 Å². The molecule has 15 aromatic rings. The summed E-state index contributed by atoms with van der Waals surface area (Å²) >= 11 is 9.50. The highest BCUT2D eigenvalue weighted by atomic mass is 32.2. The fourth-order valence-electron chi connectivity index (χ4n) is 16.1. The summed E-state index contributed by atoms with van der Waals surface area (Å²) in [6.07, 6.45) is 5.24. The fourth-order valence-corrected chi connectivity index (χ4v) is 21.4. The van der Waals surface area contributed by atoms with Crippen molar-refractivity contribution >= 4 is 58.8 Å².